The molecule has 4 heterocycles. The largest absolute Gasteiger partial charge is 0.492 e. The molecule has 0 spiro atoms. The Morgan fingerprint density at radius 2 is 1.65 bits per heavy atom. The van der Waals surface area contributed by atoms with Crippen molar-refractivity contribution < 1.29 is 14.6 Å². The zero-order valence-corrected chi connectivity index (χ0v) is 29.6. The quantitative estimate of drug-likeness (QED) is 0.127. The van der Waals surface area contributed by atoms with Crippen molar-refractivity contribution in [3.05, 3.63) is 82.6 Å². The predicted molar refractivity (Wildman–Crippen MR) is 194 cm³/mol. The number of ether oxygens (including phenoxy) is 1. The summed E-state index contributed by atoms with van der Waals surface area (Å²) in [6, 6.07) is 13.3. The van der Waals surface area contributed by atoms with Gasteiger partial charge in [-0.25, -0.2) is 29.9 Å². The SMILES string of the molecule is CCN(CC)c1ncnc2c1ncn2Cc1c(Cl)cccc1Cl.Cc1ccc(OCCn2c(SCCC(=O)O)nc3c(N)ncnc32)cc1. The molecule has 0 fully saturated rings. The molecule has 4 aromatic heterocycles. The summed E-state index contributed by atoms with van der Waals surface area (Å²) in [6.07, 6.45) is 4.77. The molecule has 0 aliphatic carbocycles. The first-order chi connectivity index (χ1) is 23.7. The fourth-order valence-electron chi connectivity index (χ4n) is 4.96. The van der Waals surface area contributed by atoms with Crippen molar-refractivity contribution in [3.8, 4) is 5.75 Å². The molecule has 0 atom stereocenters. The maximum atomic E-state index is 10.8. The number of hydrogen-bond acceptors (Lipinski definition) is 11. The van der Waals surface area contributed by atoms with Crippen LogP contribution in [0.5, 0.6) is 5.75 Å². The summed E-state index contributed by atoms with van der Waals surface area (Å²) < 4.78 is 9.61. The Kier molecular flexibility index (Phi) is 12.1. The van der Waals surface area contributed by atoms with Crippen LogP contribution in [0.15, 0.2) is 66.6 Å². The first-order valence-corrected chi connectivity index (χ1v) is 17.3. The molecule has 6 aromatic rings. The number of carboxylic acids is 1. The molecule has 0 radical (unpaired) electrons. The van der Waals surface area contributed by atoms with Gasteiger partial charge in [0.25, 0.3) is 0 Å². The van der Waals surface area contributed by atoms with E-state index in [1.54, 1.807) is 12.7 Å². The van der Waals surface area contributed by atoms with Gasteiger partial charge < -0.3 is 29.6 Å². The lowest BCUT2D eigenvalue weighted by molar-refractivity contribution is -0.136. The Morgan fingerprint density at radius 3 is 2.35 bits per heavy atom. The molecule has 0 aliphatic heterocycles. The summed E-state index contributed by atoms with van der Waals surface area (Å²) >= 11 is 13.9. The highest BCUT2D eigenvalue weighted by molar-refractivity contribution is 7.99. The van der Waals surface area contributed by atoms with Crippen LogP contribution < -0.4 is 15.4 Å². The van der Waals surface area contributed by atoms with Gasteiger partial charge in [-0.1, -0.05) is 58.7 Å². The second kappa shape index (κ2) is 16.6. The van der Waals surface area contributed by atoms with E-state index in [0.29, 0.717) is 57.6 Å². The molecule has 2 aromatic carbocycles. The van der Waals surface area contributed by atoms with Crippen molar-refractivity contribution in [1.29, 1.82) is 0 Å². The highest BCUT2D eigenvalue weighted by Crippen LogP contribution is 2.28. The number of nitrogens with two attached hydrogens (primary N) is 1. The van der Waals surface area contributed by atoms with Crippen LogP contribution in [0.1, 0.15) is 31.4 Å². The van der Waals surface area contributed by atoms with E-state index in [-0.39, 0.29) is 6.42 Å². The molecule has 6 rings (SSSR count). The second-order valence-corrected chi connectivity index (χ2v) is 12.6. The Bertz CT molecular complexity index is 2010. The molecule has 0 amide bonds. The molecular formula is C33H36Cl2N10O3S. The maximum absolute atomic E-state index is 10.8. The number of halogens is 2. The number of aryl methyl sites for hydroxylation is 1. The van der Waals surface area contributed by atoms with Crippen LogP contribution in [-0.4, -0.2) is 75.6 Å². The first kappa shape index (κ1) is 35.6. The molecule has 0 saturated heterocycles. The van der Waals surface area contributed by atoms with E-state index < -0.39 is 5.97 Å². The Morgan fingerprint density at radius 1 is 0.959 bits per heavy atom. The minimum atomic E-state index is -0.845. The van der Waals surface area contributed by atoms with Gasteiger partial charge in [0.1, 0.15) is 25.0 Å². The second-order valence-electron chi connectivity index (χ2n) is 10.7. The summed E-state index contributed by atoms with van der Waals surface area (Å²) in [5.74, 6) is 1.50. The Labute approximate surface area is 297 Å². The molecule has 0 aliphatic rings. The molecule has 49 heavy (non-hydrogen) atoms. The number of nitrogens with zero attached hydrogens (tertiary/aromatic N) is 9. The van der Waals surface area contributed by atoms with Crippen LogP contribution in [0.4, 0.5) is 11.6 Å². The van der Waals surface area contributed by atoms with Crippen LogP contribution in [0.25, 0.3) is 22.3 Å². The fourth-order valence-corrected chi connectivity index (χ4v) is 6.42. The monoisotopic (exact) mass is 722 g/mol. The van der Waals surface area contributed by atoms with E-state index in [9.17, 15) is 4.79 Å². The van der Waals surface area contributed by atoms with E-state index >= 15 is 0 Å². The number of carbonyl (C=O) groups is 1. The van der Waals surface area contributed by atoms with Gasteiger partial charge in [0.2, 0.25) is 0 Å². The number of imidazole rings is 2. The number of aliphatic carboxylic acids is 1. The summed E-state index contributed by atoms with van der Waals surface area (Å²) in [5.41, 5.74) is 10.6. The molecule has 16 heteroatoms. The summed E-state index contributed by atoms with van der Waals surface area (Å²) in [7, 11) is 0. The number of fused-ring (bicyclic) bond motifs is 2. The van der Waals surface area contributed by atoms with Crippen LogP contribution in [-0.2, 0) is 17.9 Å². The fraction of sp³-hybridized carbons (Fsp3) is 0.303. The molecule has 13 nitrogen and oxygen atoms in total. The molecule has 0 saturated carbocycles. The van der Waals surface area contributed by atoms with Gasteiger partial charge in [-0.3, -0.25) is 4.79 Å². The maximum Gasteiger partial charge on any atom is 0.304 e. The van der Waals surface area contributed by atoms with Gasteiger partial charge in [-0.2, -0.15) is 0 Å². The van der Waals surface area contributed by atoms with E-state index in [0.717, 1.165) is 41.4 Å². The first-order valence-electron chi connectivity index (χ1n) is 15.5. The summed E-state index contributed by atoms with van der Waals surface area (Å²) in [4.78, 5) is 38.9. The Hall–Kier alpha value is -4.66. The summed E-state index contributed by atoms with van der Waals surface area (Å²) in [5, 5.41) is 10.8. The van der Waals surface area contributed by atoms with E-state index in [2.05, 4.69) is 48.7 Å². The molecule has 0 bridgehead atoms. The predicted octanol–water partition coefficient (Wildman–Crippen LogP) is 6.39. The third-order valence-electron chi connectivity index (χ3n) is 7.51. The number of thioether (sulfide) groups is 1. The van der Waals surface area contributed by atoms with Crippen LogP contribution in [0, 0.1) is 6.92 Å². The third kappa shape index (κ3) is 8.69. The highest BCUT2D eigenvalue weighted by Gasteiger charge is 2.17. The van der Waals surface area contributed by atoms with Crippen molar-refractivity contribution in [2.45, 2.75) is 45.4 Å². The third-order valence-corrected chi connectivity index (χ3v) is 9.20. The number of carboxylic acid groups (broad SMARTS) is 1. The summed E-state index contributed by atoms with van der Waals surface area (Å²) in [6.45, 7) is 9.39. The zero-order chi connectivity index (χ0) is 34.9. The van der Waals surface area contributed by atoms with Crippen molar-refractivity contribution >= 4 is 74.9 Å². The van der Waals surface area contributed by atoms with Gasteiger partial charge in [-0.15, -0.1) is 0 Å². The average molecular weight is 724 g/mol. The number of rotatable bonds is 13. The normalized spacial score (nSPS) is 11.0. The molecule has 3 N–H and O–H groups in total. The smallest absolute Gasteiger partial charge is 0.304 e. The number of benzene rings is 2. The van der Waals surface area contributed by atoms with Crippen molar-refractivity contribution in [3.63, 3.8) is 0 Å². The lowest BCUT2D eigenvalue weighted by atomic mass is 10.2. The van der Waals surface area contributed by atoms with Crippen LogP contribution in [0.2, 0.25) is 10.0 Å². The lowest BCUT2D eigenvalue weighted by Crippen LogP contribution is -2.23. The van der Waals surface area contributed by atoms with Gasteiger partial charge in [0.15, 0.2) is 39.1 Å². The topological polar surface area (TPSA) is 163 Å². The minimum absolute atomic E-state index is 0.0505. The minimum Gasteiger partial charge on any atom is -0.492 e. The van der Waals surface area contributed by atoms with Gasteiger partial charge >= 0.3 is 5.97 Å². The van der Waals surface area contributed by atoms with Gasteiger partial charge in [0.05, 0.1) is 25.8 Å². The van der Waals surface area contributed by atoms with Crippen LogP contribution >= 0.6 is 35.0 Å². The lowest BCUT2D eigenvalue weighted by Gasteiger charge is -2.19. The van der Waals surface area contributed by atoms with E-state index in [4.69, 9.17) is 38.8 Å². The van der Waals surface area contributed by atoms with Gasteiger partial charge in [-0.05, 0) is 45.0 Å². The van der Waals surface area contributed by atoms with Gasteiger partial charge in [0, 0.05) is 34.5 Å². The number of anilines is 2. The van der Waals surface area contributed by atoms with Crippen molar-refractivity contribution in [2.24, 2.45) is 0 Å². The Balaban J connectivity index is 0.000000192. The van der Waals surface area contributed by atoms with E-state index in [1.165, 1.54) is 23.7 Å². The zero-order valence-electron chi connectivity index (χ0n) is 27.3. The van der Waals surface area contributed by atoms with Crippen molar-refractivity contribution in [1.82, 2.24) is 39.0 Å². The van der Waals surface area contributed by atoms with Crippen molar-refractivity contribution in [2.75, 3.05) is 36.1 Å². The average Bonchev–Trinajstić information content (AvgIpc) is 3.67. The van der Waals surface area contributed by atoms with Crippen LogP contribution in [0.3, 0.4) is 0 Å². The molecule has 256 valence electrons. The molecular weight excluding hydrogens is 687 g/mol. The standard InChI is InChI=1S/C17H19N5O3S.C16H17Cl2N5/c1-11-2-4-12(5-3-11)25-8-7-22-16-14(15(18)19-10-20-16)21-17(22)26-9-6-13(23)24;1-3-22(4-2)15-14-16(20-9-19-15)23(10-21-14)8-11-12(17)6-5-7-13(11)18/h2-5,10H,6-9H2,1H3,(H,23,24)(H2,18,19,20);5-7,9-10H,3-4,8H2,1-2H3. The number of aromatic nitrogens is 8. The molecule has 0 unspecified atom stereocenters. The number of hydrogen-bond donors (Lipinski definition) is 2. The van der Waals surface area contributed by atoms with E-state index in [1.807, 2.05) is 58.5 Å². The number of nitrogen functional groups attached to an aromatic ring is 1. The highest BCUT2D eigenvalue weighted by atomic mass is 35.5.